The molecule has 3 N–H and O–H groups in total. The summed E-state index contributed by atoms with van der Waals surface area (Å²) in [4.78, 5) is 27.4. The number of hydrogen-bond donors (Lipinski definition) is 3. The first kappa shape index (κ1) is 26.1. The molecule has 7 heteroatoms. The highest BCUT2D eigenvalue weighted by molar-refractivity contribution is 6.05. The fourth-order valence-corrected chi connectivity index (χ4v) is 5.45. The molecule has 0 aromatic heterocycles. The van der Waals surface area contributed by atoms with Gasteiger partial charge in [-0.15, -0.1) is 0 Å². The molecule has 1 aliphatic heterocycles. The maximum absolute atomic E-state index is 13.1. The normalized spacial score (nSPS) is 24.1. The number of likely N-dealkylation sites (tertiary alicyclic amines) is 1. The SMILES string of the molecule is CCCN1C(=O)[C@@H]2[C@@H](CC(COC)=C([C@H](O)CC/C(=C/c3cccc(O)c3)CC)[C@@H]2CO)C1=O. The Balaban J connectivity index is 1.85. The minimum Gasteiger partial charge on any atom is -0.508 e. The fourth-order valence-electron chi connectivity index (χ4n) is 5.45. The van der Waals surface area contributed by atoms with Gasteiger partial charge in [-0.3, -0.25) is 14.5 Å². The number of imide groups is 1. The van der Waals surface area contributed by atoms with Crippen molar-refractivity contribution in [2.24, 2.45) is 17.8 Å². The van der Waals surface area contributed by atoms with Gasteiger partial charge in [0.25, 0.3) is 0 Å². The summed E-state index contributed by atoms with van der Waals surface area (Å²) >= 11 is 0. The van der Waals surface area contributed by atoms with Crippen molar-refractivity contribution in [1.82, 2.24) is 4.90 Å². The number of carbonyl (C=O) groups excluding carboxylic acids is 2. The third-order valence-corrected chi connectivity index (χ3v) is 7.03. The molecule has 0 spiro atoms. The van der Waals surface area contributed by atoms with Crippen molar-refractivity contribution in [1.29, 1.82) is 0 Å². The molecule has 0 bridgehead atoms. The average molecular weight is 472 g/mol. The van der Waals surface area contributed by atoms with E-state index in [9.17, 15) is 24.9 Å². The first-order chi connectivity index (χ1) is 16.4. The monoisotopic (exact) mass is 471 g/mol. The number of phenolic OH excluding ortho intramolecular Hbond substituents is 1. The van der Waals surface area contributed by atoms with Gasteiger partial charge in [0.1, 0.15) is 5.75 Å². The van der Waals surface area contributed by atoms with Gasteiger partial charge in [0.15, 0.2) is 0 Å². The number of nitrogens with zero attached hydrogens (tertiary/aromatic N) is 1. The Morgan fingerprint density at radius 3 is 2.65 bits per heavy atom. The highest BCUT2D eigenvalue weighted by atomic mass is 16.5. The molecule has 2 amide bonds. The number of phenols is 1. The number of rotatable bonds is 11. The molecule has 4 atom stereocenters. The van der Waals surface area contributed by atoms with Crippen LogP contribution in [-0.4, -0.2) is 65.0 Å². The van der Waals surface area contributed by atoms with Crippen molar-refractivity contribution in [2.45, 2.75) is 52.1 Å². The molecule has 34 heavy (non-hydrogen) atoms. The Kier molecular flexibility index (Phi) is 9.05. The number of ether oxygens (including phenoxy) is 1. The third kappa shape index (κ3) is 5.43. The summed E-state index contributed by atoms with van der Waals surface area (Å²) in [6.45, 7) is 4.29. The van der Waals surface area contributed by atoms with Gasteiger partial charge in [-0.2, -0.15) is 0 Å². The Labute approximate surface area is 201 Å². The van der Waals surface area contributed by atoms with E-state index in [1.165, 1.54) is 4.90 Å². The second kappa shape index (κ2) is 11.8. The van der Waals surface area contributed by atoms with Crippen molar-refractivity contribution in [2.75, 3.05) is 26.9 Å². The summed E-state index contributed by atoms with van der Waals surface area (Å²) in [6, 6.07) is 7.02. The van der Waals surface area contributed by atoms with Crippen LogP contribution in [0.1, 0.15) is 51.5 Å². The number of hydrogen-bond acceptors (Lipinski definition) is 6. The number of benzene rings is 1. The first-order valence-corrected chi connectivity index (χ1v) is 12.2. The van der Waals surface area contributed by atoms with Crippen LogP contribution in [-0.2, 0) is 14.3 Å². The predicted octanol–water partition coefficient (Wildman–Crippen LogP) is 3.29. The van der Waals surface area contributed by atoms with Crippen LogP contribution in [0.2, 0.25) is 0 Å². The topological polar surface area (TPSA) is 107 Å². The smallest absolute Gasteiger partial charge is 0.233 e. The highest BCUT2D eigenvalue weighted by Crippen LogP contribution is 2.46. The second-order valence-corrected chi connectivity index (χ2v) is 9.25. The van der Waals surface area contributed by atoms with Crippen LogP contribution in [0.4, 0.5) is 0 Å². The predicted molar refractivity (Wildman–Crippen MR) is 130 cm³/mol. The Morgan fingerprint density at radius 2 is 2.03 bits per heavy atom. The summed E-state index contributed by atoms with van der Waals surface area (Å²) in [7, 11) is 1.56. The molecule has 0 radical (unpaired) electrons. The van der Waals surface area contributed by atoms with E-state index in [0.717, 1.165) is 23.1 Å². The minimum atomic E-state index is -0.856. The van der Waals surface area contributed by atoms with E-state index in [0.29, 0.717) is 37.8 Å². The van der Waals surface area contributed by atoms with Gasteiger partial charge in [0, 0.05) is 19.6 Å². The molecule has 7 nitrogen and oxygen atoms in total. The lowest BCUT2D eigenvalue weighted by atomic mass is 9.68. The van der Waals surface area contributed by atoms with Crippen molar-refractivity contribution in [3.63, 3.8) is 0 Å². The molecular weight excluding hydrogens is 434 g/mol. The molecule has 1 aromatic rings. The molecule has 1 fully saturated rings. The summed E-state index contributed by atoms with van der Waals surface area (Å²) in [5.74, 6) is -1.96. The van der Waals surface area contributed by atoms with Crippen LogP contribution < -0.4 is 0 Å². The van der Waals surface area contributed by atoms with E-state index in [2.05, 4.69) is 0 Å². The lowest BCUT2D eigenvalue weighted by Gasteiger charge is -2.36. The van der Waals surface area contributed by atoms with Crippen LogP contribution in [0.25, 0.3) is 6.08 Å². The Morgan fingerprint density at radius 1 is 1.26 bits per heavy atom. The minimum absolute atomic E-state index is 0.181. The molecule has 1 heterocycles. The van der Waals surface area contributed by atoms with E-state index >= 15 is 0 Å². The second-order valence-electron chi connectivity index (χ2n) is 9.25. The summed E-state index contributed by atoms with van der Waals surface area (Å²) in [6.07, 6.45) is 4.05. The molecule has 1 aromatic carbocycles. The van der Waals surface area contributed by atoms with Gasteiger partial charge in [-0.1, -0.05) is 37.6 Å². The Bertz CT molecular complexity index is 952. The van der Waals surface area contributed by atoms with Crippen LogP contribution in [0.3, 0.4) is 0 Å². The lowest BCUT2D eigenvalue weighted by molar-refractivity contribution is -0.140. The molecule has 3 rings (SSSR count). The number of allylic oxidation sites excluding steroid dienone is 1. The lowest BCUT2D eigenvalue weighted by Crippen LogP contribution is -2.39. The number of aliphatic hydroxyl groups is 2. The largest absolute Gasteiger partial charge is 0.508 e. The summed E-state index contributed by atoms with van der Waals surface area (Å²) in [5, 5.41) is 31.3. The van der Waals surface area contributed by atoms with Gasteiger partial charge in [-0.25, -0.2) is 0 Å². The number of carbonyl (C=O) groups is 2. The van der Waals surface area contributed by atoms with Crippen molar-refractivity contribution in [3.8, 4) is 5.75 Å². The van der Waals surface area contributed by atoms with E-state index in [-0.39, 0.29) is 30.8 Å². The molecule has 2 aliphatic rings. The van der Waals surface area contributed by atoms with E-state index in [4.69, 9.17) is 4.74 Å². The first-order valence-electron chi connectivity index (χ1n) is 12.2. The summed E-state index contributed by atoms with van der Waals surface area (Å²) < 4.78 is 5.38. The number of amides is 2. The molecule has 1 aliphatic carbocycles. The third-order valence-electron chi connectivity index (χ3n) is 7.03. The average Bonchev–Trinajstić information content (AvgIpc) is 3.05. The maximum Gasteiger partial charge on any atom is 0.233 e. The molecular formula is C27H37NO6. The zero-order valence-electron chi connectivity index (χ0n) is 20.4. The number of fused-ring (bicyclic) bond motifs is 1. The van der Waals surface area contributed by atoms with Crippen LogP contribution in [0.15, 0.2) is 41.0 Å². The number of aromatic hydroxyl groups is 1. The van der Waals surface area contributed by atoms with Gasteiger partial charge in [0.2, 0.25) is 11.8 Å². The maximum atomic E-state index is 13.1. The van der Waals surface area contributed by atoms with Gasteiger partial charge < -0.3 is 20.1 Å². The molecule has 0 unspecified atom stereocenters. The molecule has 186 valence electrons. The van der Waals surface area contributed by atoms with E-state index in [1.54, 1.807) is 25.3 Å². The van der Waals surface area contributed by atoms with Crippen molar-refractivity contribution >= 4 is 17.9 Å². The van der Waals surface area contributed by atoms with E-state index < -0.39 is 23.9 Å². The van der Waals surface area contributed by atoms with Crippen LogP contribution in [0.5, 0.6) is 5.75 Å². The van der Waals surface area contributed by atoms with Gasteiger partial charge in [0.05, 0.1) is 31.2 Å². The van der Waals surface area contributed by atoms with Crippen LogP contribution >= 0.6 is 0 Å². The quantitative estimate of drug-likeness (QED) is 0.338. The zero-order valence-corrected chi connectivity index (χ0v) is 20.4. The van der Waals surface area contributed by atoms with Crippen LogP contribution in [0, 0.1) is 17.8 Å². The Hall–Kier alpha value is -2.48. The van der Waals surface area contributed by atoms with Gasteiger partial charge in [-0.05, 0) is 60.9 Å². The summed E-state index contributed by atoms with van der Waals surface area (Å²) in [5.41, 5.74) is 3.47. The standard InChI is InChI=1S/C27H37NO6/c1-4-11-28-26(32)21-14-19(16-34-3)24(22(15-29)25(21)27(28)33)23(31)10-9-17(5-2)12-18-7-6-8-20(30)13-18/h6-8,12-13,21-23,25,29-31H,4-5,9-11,14-16H2,1-3H3/b17-12+/t21-,22+,23-,25-/m1/s1. The van der Waals surface area contributed by atoms with Crippen molar-refractivity contribution < 1.29 is 29.6 Å². The fraction of sp³-hybridized carbons (Fsp3) is 0.556. The highest BCUT2D eigenvalue weighted by Gasteiger charge is 2.54. The van der Waals surface area contributed by atoms with Crippen molar-refractivity contribution in [3.05, 3.63) is 46.5 Å². The van der Waals surface area contributed by atoms with E-state index in [1.807, 2.05) is 26.0 Å². The number of aliphatic hydroxyl groups excluding tert-OH is 2. The molecule has 0 saturated carbocycles. The van der Waals surface area contributed by atoms with Gasteiger partial charge >= 0.3 is 0 Å². The zero-order chi connectivity index (χ0) is 24.8. The number of methoxy groups -OCH3 is 1. The molecule has 1 saturated heterocycles.